The molecule has 16 heteroatoms. The van der Waals surface area contributed by atoms with Gasteiger partial charge in [-0.3, -0.25) is 14.5 Å². The predicted octanol–water partition coefficient (Wildman–Crippen LogP) is -0.433. The van der Waals surface area contributed by atoms with E-state index < -0.39 is 43.2 Å². The second-order valence-corrected chi connectivity index (χ2v) is 8.53. The summed E-state index contributed by atoms with van der Waals surface area (Å²) < 4.78 is 34.7. The minimum atomic E-state index is -0.721. The molecule has 0 unspecified atom stereocenters. The number of hydrogen-bond acceptors (Lipinski definition) is 14. The molecule has 0 aliphatic carbocycles. The van der Waals surface area contributed by atoms with Gasteiger partial charge in [-0.1, -0.05) is 6.92 Å². The van der Waals surface area contributed by atoms with Gasteiger partial charge in [-0.25, -0.2) is 19.2 Å². The van der Waals surface area contributed by atoms with Crippen LogP contribution in [-0.2, 0) is 57.1 Å². The van der Waals surface area contributed by atoms with E-state index in [4.69, 9.17) is 33.2 Å². The zero-order chi connectivity index (χ0) is 31.4. The van der Waals surface area contributed by atoms with Crippen LogP contribution < -0.4 is 10.6 Å². The third kappa shape index (κ3) is 25.5. The molecule has 0 aliphatic heterocycles. The summed E-state index contributed by atoms with van der Waals surface area (Å²) in [7, 11) is 0. The van der Waals surface area contributed by atoms with Crippen LogP contribution in [0, 0.1) is 0 Å². The maximum atomic E-state index is 12.3. The molecule has 42 heavy (non-hydrogen) atoms. The van der Waals surface area contributed by atoms with E-state index in [1.54, 1.807) is 11.8 Å². The molecule has 0 rings (SSSR count). The van der Waals surface area contributed by atoms with E-state index in [9.17, 15) is 28.8 Å². The maximum Gasteiger partial charge on any atom is 0.407 e. The van der Waals surface area contributed by atoms with Crippen LogP contribution in [-0.4, -0.2) is 133 Å². The van der Waals surface area contributed by atoms with Crippen molar-refractivity contribution in [1.82, 2.24) is 15.5 Å². The number of esters is 4. The fourth-order valence-electron chi connectivity index (χ4n) is 2.84. The molecule has 0 saturated carbocycles. The lowest BCUT2D eigenvalue weighted by atomic mass is 10.4. The Morgan fingerprint density at radius 2 is 1.14 bits per heavy atom. The summed E-state index contributed by atoms with van der Waals surface area (Å²) >= 11 is 0. The normalized spacial score (nSPS) is 10.5. The highest BCUT2D eigenvalue weighted by molar-refractivity contribution is 5.78. The Morgan fingerprint density at radius 3 is 1.69 bits per heavy atom. The van der Waals surface area contributed by atoms with Gasteiger partial charge in [0.2, 0.25) is 5.91 Å². The summed E-state index contributed by atoms with van der Waals surface area (Å²) in [6.07, 6.45) is 0.972. The molecule has 0 heterocycles. The molecule has 0 aromatic rings. The topological polar surface area (TPSA) is 194 Å². The fraction of sp³-hybridized carbons (Fsp3) is 0.769. The molecule has 2 amide bonds. The van der Waals surface area contributed by atoms with Gasteiger partial charge in [0, 0.05) is 39.7 Å². The highest BCUT2D eigenvalue weighted by atomic mass is 16.6. The van der Waals surface area contributed by atoms with Crippen molar-refractivity contribution in [2.24, 2.45) is 0 Å². The van der Waals surface area contributed by atoms with Crippen molar-refractivity contribution in [3.63, 3.8) is 0 Å². The zero-order valence-electron chi connectivity index (χ0n) is 24.8. The molecule has 0 radical (unpaired) electrons. The number of rotatable bonds is 25. The molecule has 0 aliphatic rings. The summed E-state index contributed by atoms with van der Waals surface area (Å²) in [5.74, 6) is -2.67. The number of amides is 2. The van der Waals surface area contributed by atoms with Crippen molar-refractivity contribution < 1.29 is 61.9 Å². The van der Waals surface area contributed by atoms with E-state index in [2.05, 4.69) is 10.6 Å². The molecular formula is C26H45N3O13. The van der Waals surface area contributed by atoms with Gasteiger partial charge in [0.1, 0.15) is 33.0 Å². The number of carbonyl (C=O) groups excluding carboxylic acids is 6. The minimum Gasteiger partial charge on any atom is -0.465 e. The molecule has 0 aromatic heterocycles. The van der Waals surface area contributed by atoms with Crippen LogP contribution in [0.15, 0.2) is 0 Å². The van der Waals surface area contributed by atoms with E-state index in [1.807, 2.05) is 6.92 Å². The van der Waals surface area contributed by atoms with Crippen LogP contribution in [0.4, 0.5) is 4.79 Å². The van der Waals surface area contributed by atoms with Gasteiger partial charge in [-0.15, -0.1) is 0 Å². The Bertz CT molecular complexity index is 810. The Labute approximate surface area is 245 Å². The highest BCUT2D eigenvalue weighted by Crippen LogP contribution is 1.94. The van der Waals surface area contributed by atoms with Gasteiger partial charge in [-0.2, -0.15) is 0 Å². The molecular weight excluding hydrogens is 562 g/mol. The van der Waals surface area contributed by atoms with Crippen molar-refractivity contribution >= 4 is 35.9 Å². The zero-order valence-corrected chi connectivity index (χ0v) is 24.8. The largest absolute Gasteiger partial charge is 0.465 e. The SMILES string of the molecule is CCCOC(=O)NCCCOC(=O)COCC(=O)OCCN(CCOC(C)=O)CC(=O)NCCCOC(=O)COCC. The number of ether oxygens (including phenoxy) is 7. The van der Waals surface area contributed by atoms with E-state index >= 15 is 0 Å². The number of hydrogen-bond donors (Lipinski definition) is 2. The number of alkyl carbamates (subject to hydrolysis) is 1. The van der Waals surface area contributed by atoms with E-state index in [0.717, 1.165) is 0 Å². The average molecular weight is 608 g/mol. The second kappa shape index (κ2) is 26.4. The minimum absolute atomic E-state index is 0.0383. The first kappa shape index (κ1) is 38.5. The van der Waals surface area contributed by atoms with Crippen LogP contribution in [0.25, 0.3) is 0 Å². The first-order valence-corrected chi connectivity index (χ1v) is 13.8. The Kier molecular flexibility index (Phi) is 24.2. The molecule has 0 spiro atoms. The van der Waals surface area contributed by atoms with Crippen LogP contribution >= 0.6 is 0 Å². The average Bonchev–Trinajstić information content (AvgIpc) is 2.94. The smallest absolute Gasteiger partial charge is 0.407 e. The number of nitrogens with one attached hydrogen (secondary N) is 2. The molecule has 0 bridgehead atoms. The van der Waals surface area contributed by atoms with Crippen LogP contribution in [0.2, 0.25) is 0 Å². The van der Waals surface area contributed by atoms with Crippen molar-refractivity contribution in [2.75, 3.05) is 92.2 Å². The number of carbonyl (C=O) groups is 6. The molecule has 2 N–H and O–H groups in total. The lowest BCUT2D eigenvalue weighted by Crippen LogP contribution is -2.41. The Morgan fingerprint density at radius 1 is 0.619 bits per heavy atom. The summed E-state index contributed by atoms with van der Waals surface area (Å²) in [5, 5.41) is 5.21. The van der Waals surface area contributed by atoms with Crippen molar-refractivity contribution in [2.45, 2.75) is 40.0 Å². The summed E-state index contributed by atoms with van der Waals surface area (Å²) in [4.78, 5) is 71.2. The van der Waals surface area contributed by atoms with E-state index in [0.29, 0.717) is 32.5 Å². The van der Waals surface area contributed by atoms with E-state index in [-0.39, 0.29) is 71.7 Å². The highest BCUT2D eigenvalue weighted by Gasteiger charge is 2.13. The van der Waals surface area contributed by atoms with Gasteiger partial charge in [0.05, 0.1) is 26.4 Å². The van der Waals surface area contributed by atoms with Crippen molar-refractivity contribution in [3.05, 3.63) is 0 Å². The monoisotopic (exact) mass is 607 g/mol. The number of nitrogens with zero attached hydrogens (tertiary/aromatic N) is 1. The quantitative estimate of drug-likeness (QED) is 0.0771. The third-order valence-corrected chi connectivity index (χ3v) is 4.81. The Balaban J connectivity index is 4.15. The third-order valence-electron chi connectivity index (χ3n) is 4.81. The standard InChI is InChI=1S/C26H45N3O13/c1-4-12-42-26(35)28-9-7-14-40-24(33)19-37-20-25(34)41-16-11-29(10-15-38-21(3)30)17-22(31)27-8-6-13-39-23(32)18-36-5-2/h4-20H2,1-3H3,(H,27,31)(H,28,35). The van der Waals surface area contributed by atoms with Gasteiger partial charge >= 0.3 is 30.0 Å². The van der Waals surface area contributed by atoms with Crippen LogP contribution in [0.5, 0.6) is 0 Å². The second-order valence-electron chi connectivity index (χ2n) is 8.53. The predicted molar refractivity (Wildman–Crippen MR) is 145 cm³/mol. The van der Waals surface area contributed by atoms with Gasteiger partial charge in [-0.05, 0) is 26.2 Å². The van der Waals surface area contributed by atoms with Gasteiger partial charge in [0.15, 0.2) is 0 Å². The van der Waals surface area contributed by atoms with Gasteiger partial charge in [0.25, 0.3) is 0 Å². The van der Waals surface area contributed by atoms with Crippen LogP contribution in [0.1, 0.15) is 40.0 Å². The molecule has 0 saturated heterocycles. The maximum absolute atomic E-state index is 12.3. The first-order valence-electron chi connectivity index (χ1n) is 13.8. The van der Waals surface area contributed by atoms with Crippen LogP contribution in [0.3, 0.4) is 0 Å². The summed E-state index contributed by atoms with van der Waals surface area (Å²) in [5.41, 5.74) is 0. The van der Waals surface area contributed by atoms with Gasteiger partial charge < -0.3 is 43.8 Å². The fourth-order valence-corrected chi connectivity index (χ4v) is 2.84. The van der Waals surface area contributed by atoms with E-state index in [1.165, 1.54) is 6.92 Å². The lowest BCUT2D eigenvalue weighted by Gasteiger charge is -2.21. The summed E-state index contributed by atoms with van der Waals surface area (Å²) in [6, 6.07) is 0. The summed E-state index contributed by atoms with van der Waals surface area (Å²) in [6.45, 7) is 5.60. The first-order chi connectivity index (χ1) is 20.2. The molecule has 0 aromatic carbocycles. The molecule has 242 valence electrons. The lowest BCUT2D eigenvalue weighted by molar-refractivity contribution is -0.155. The molecule has 0 fully saturated rings. The van der Waals surface area contributed by atoms with Crippen molar-refractivity contribution in [1.29, 1.82) is 0 Å². The Hall–Kier alpha value is -3.50. The molecule has 16 nitrogen and oxygen atoms in total. The van der Waals surface area contributed by atoms with Crippen molar-refractivity contribution in [3.8, 4) is 0 Å². The molecule has 0 atom stereocenters.